The number of rotatable bonds is 7. The molecule has 1 atom stereocenters. The van der Waals surface area contributed by atoms with Gasteiger partial charge in [-0.05, 0) is 66.8 Å². The minimum atomic E-state index is -1.66. The SMILES string of the molecule is CC(C)(C)C1CCC2(CC1)CN(c1ccccc1Cl)C(=O)N2Cc1ccc(C(=O)NCC(O)C(=O)O)cc1. The number of aliphatic hydroxyl groups excluding tert-OH is 1. The monoisotopic (exact) mass is 541 g/mol. The van der Waals surface area contributed by atoms with Crippen LogP contribution in [0, 0.1) is 11.3 Å². The summed E-state index contributed by atoms with van der Waals surface area (Å²) in [6.07, 6.45) is 2.25. The second kappa shape index (κ2) is 10.9. The van der Waals surface area contributed by atoms with Crippen LogP contribution in [0.5, 0.6) is 0 Å². The Balaban J connectivity index is 1.54. The summed E-state index contributed by atoms with van der Waals surface area (Å²) in [5.41, 5.74) is 1.86. The van der Waals surface area contributed by atoms with Gasteiger partial charge in [-0.2, -0.15) is 0 Å². The van der Waals surface area contributed by atoms with Crippen LogP contribution in [-0.4, -0.2) is 57.8 Å². The Bertz CT molecular complexity index is 1190. The summed E-state index contributed by atoms with van der Waals surface area (Å²) in [4.78, 5) is 40.8. The molecule has 2 aliphatic rings. The van der Waals surface area contributed by atoms with Crippen LogP contribution in [0.15, 0.2) is 48.5 Å². The highest BCUT2D eigenvalue weighted by atomic mass is 35.5. The molecule has 1 spiro atoms. The van der Waals surface area contributed by atoms with Gasteiger partial charge in [-0.1, -0.05) is 56.6 Å². The number of para-hydroxylation sites is 1. The number of anilines is 1. The number of nitrogens with one attached hydrogen (secondary N) is 1. The average molecular weight is 542 g/mol. The first-order chi connectivity index (χ1) is 17.9. The quantitative estimate of drug-likeness (QED) is 0.460. The lowest BCUT2D eigenvalue weighted by Crippen LogP contribution is -2.50. The van der Waals surface area contributed by atoms with Gasteiger partial charge in [-0.15, -0.1) is 0 Å². The standard InChI is InChI=1S/C29H36ClN3O5/c1-28(2,3)21-12-14-29(15-13-21)18-32(23-7-5-4-6-22(23)30)27(38)33(29)17-19-8-10-20(11-9-19)25(35)31-16-24(34)26(36)37/h4-11,21,24,34H,12-18H2,1-3H3,(H,31,35)(H,36,37). The van der Waals surface area contributed by atoms with E-state index in [1.54, 1.807) is 23.1 Å². The molecular formula is C29H36ClN3O5. The van der Waals surface area contributed by atoms with E-state index >= 15 is 0 Å². The third kappa shape index (κ3) is 5.81. The molecule has 204 valence electrons. The number of carboxylic acids is 1. The van der Waals surface area contributed by atoms with E-state index in [9.17, 15) is 19.5 Å². The number of aliphatic carboxylic acids is 1. The van der Waals surface area contributed by atoms with E-state index in [1.807, 2.05) is 35.2 Å². The van der Waals surface area contributed by atoms with Crippen molar-refractivity contribution in [2.24, 2.45) is 11.3 Å². The highest BCUT2D eigenvalue weighted by Gasteiger charge is 2.52. The summed E-state index contributed by atoms with van der Waals surface area (Å²) in [7, 11) is 0. The van der Waals surface area contributed by atoms with Crippen molar-refractivity contribution in [1.82, 2.24) is 10.2 Å². The second-order valence-corrected chi connectivity index (χ2v) is 11.9. The molecule has 4 rings (SSSR count). The Morgan fingerprint density at radius 3 is 2.32 bits per heavy atom. The number of halogens is 1. The number of aliphatic hydroxyl groups is 1. The first-order valence-corrected chi connectivity index (χ1v) is 13.4. The van der Waals surface area contributed by atoms with E-state index < -0.39 is 18.0 Å². The van der Waals surface area contributed by atoms with Gasteiger partial charge in [0.1, 0.15) is 0 Å². The number of benzene rings is 2. The minimum absolute atomic E-state index is 0.0724. The molecule has 8 nitrogen and oxygen atoms in total. The zero-order valence-electron chi connectivity index (χ0n) is 22.1. The number of urea groups is 1. The number of carbonyl (C=O) groups excluding carboxylic acids is 2. The molecule has 3 amide bonds. The predicted octanol–water partition coefficient (Wildman–Crippen LogP) is 4.93. The Morgan fingerprint density at radius 1 is 1.11 bits per heavy atom. The zero-order valence-corrected chi connectivity index (χ0v) is 22.9. The second-order valence-electron chi connectivity index (χ2n) is 11.5. The van der Waals surface area contributed by atoms with Crippen LogP contribution in [-0.2, 0) is 11.3 Å². The number of hydrogen-bond donors (Lipinski definition) is 3. The van der Waals surface area contributed by atoms with Gasteiger partial charge >= 0.3 is 12.0 Å². The Hall–Kier alpha value is -3.10. The molecule has 1 heterocycles. The van der Waals surface area contributed by atoms with Crippen LogP contribution < -0.4 is 10.2 Å². The van der Waals surface area contributed by atoms with Crippen LogP contribution >= 0.6 is 11.6 Å². The van der Waals surface area contributed by atoms with Crippen LogP contribution in [0.1, 0.15) is 62.4 Å². The minimum Gasteiger partial charge on any atom is -0.479 e. The smallest absolute Gasteiger partial charge is 0.334 e. The van der Waals surface area contributed by atoms with Crippen LogP contribution in [0.4, 0.5) is 10.5 Å². The largest absolute Gasteiger partial charge is 0.479 e. The molecule has 1 saturated heterocycles. The fraction of sp³-hybridized carbons (Fsp3) is 0.483. The molecule has 0 bridgehead atoms. The lowest BCUT2D eigenvalue weighted by Gasteiger charge is -2.45. The van der Waals surface area contributed by atoms with E-state index in [1.165, 1.54) is 0 Å². The van der Waals surface area contributed by atoms with Gasteiger partial charge in [-0.25, -0.2) is 9.59 Å². The molecule has 2 aromatic carbocycles. The number of hydrogen-bond acceptors (Lipinski definition) is 4. The molecule has 1 aliphatic carbocycles. The molecule has 2 aromatic rings. The van der Waals surface area contributed by atoms with E-state index in [0.717, 1.165) is 36.9 Å². The van der Waals surface area contributed by atoms with Gasteiger partial charge in [-0.3, -0.25) is 9.69 Å². The van der Waals surface area contributed by atoms with Crippen molar-refractivity contribution in [3.63, 3.8) is 0 Å². The highest BCUT2D eigenvalue weighted by molar-refractivity contribution is 6.33. The predicted molar refractivity (Wildman–Crippen MR) is 146 cm³/mol. The van der Waals surface area contributed by atoms with E-state index in [4.69, 9.17) is 16.7 Å². The van der Waals surface area contributed by atoms with Gasteiger partial charge < -0.3 is 20.4 Å². The molecule has 2 fully saturated rings. The molecule has 0 radical (unpaired) electrons. The Labute approximate surface area is 228 Å². The average Bonchev–Trinajstić information content (AvgIpc) is 3.13. The van der Waals surface area contributed by atoms with Crippen LogP contribution in [0.25, 0.3) is 0 Å². The summed E-state index contributed by atoms with van der Waals surface area (Å²) in [6, 6.07) is 14.3. The topological polar surface area (TPSA) is 110 Å². The summed E-state index contributed by atoms with van der Waals surface area (Å²) in [6.45, 7) is 7.45. The molecule has 9 heteroatoms. The zero-order chi connectivity index (χ0) is 27.7. The Morgan fingerprint density at radius 2 is 1.74 bits per heavy atom. The third-order valence-corrected chi connectivity index (χ3v) is 8.39. The number of carbonyl (C=O) groups is 3. The molecular weight excluding hydrogens is 506 g/mol. The molecule has 1 aliphatic heterocycles. The van der Waals surface area contributed by atoms with E-state index in [2.05, 4.69) is 26.1 Å². The van der Waals surface area contributed by atoms with E-state index in [0.29, 0.717) is 29.6 Å². The Kier molecular flexibility index (Phi) is 8.04. The summed E-state index contributed by atoms with van der Waals surface area (Å²) in [5, 5.41) is 21.1. The summed E-state index contributed by atoms with van der Waals surface area (Å²) >= 11 is 6.50. The van der Waals surface area contributed by atoms with Gasteiger partial charge in [0.25, 0.3) is 5.91 Å². The maximum atomic E-state index is 13.9. The molecule has 0 aromatic heterocycles. The molecule has 3 N–H and O–H groups in total. The van der Waals surface area contributed by atoms with E-state index in [-0.39, 0.29) is 23.5 Å². The number of nitrogens with zero attached hydrogens (tertiary/aromatic N) is 2. The lowest BCUT2D eigenvalue weighted by molar-refractivity contribution is -0.146. The highest BCUT2D eigenvalue weighted by Crippen LogP contribution is 2.48. The van der Waals surface area contributed by atoms with Gasteiger partial charge in [0.05, 0.1) is 29.3 Å². The normalized spacial score (nSPS) is 22.6. The fourth-order valence-electron chi connectivity index (χ4n) is 5.66. The summed E-state index contributed by atoms with van der Waals surface area (Å²) in [5.74, 6) is -1.28. The van der Waals surface area contributed by atoms with Gasteiger partial charge in [0, 0.05) is 12.1 Å². The number of amides is 3. The van der Waals surface area contributed by atoms with Crippen molar-refractivity contribution in [1.29, 1.82) is 0 Å². The number of carboxylic acid groups (broad SMARTS) is 1. The molecule has 38 heavy (non-hydrogen) atoms. The first-order valence-electron chi connectivity index (χ1n) is 13.0. The van der Waals surface area contributed by atoms with Crippen LogP contribution in [0.3, 0.4) is 0 Å². The van der Waals surface area contributed by atoms with Gasteiger partial charge in [0.15, 0.2) is 6.10 Å². The lowest BCUT2D eigenvalue weighted by atomic mass is 9.67. The van der Waals surface area contributed by atoms with Crippen molar-refractivity contribution in [3.05, 3.63) is 64.7 Å². The van der Waals surface area contributed by atoms with Crippen LogP contribution in [0.2, 0.25) is 5.02 Å². The van der Waals surface area contributed by atoms with Gasteiger partial charge in [0.2, 0.25) is 0 Å². The van der Waals surface area contributed by atoms with Crippen molar-refractivity contribution >= 4 is 35.2 Å². The van der Waals surface area contributed by atoms with Crippen molar-refractivity contribution < 1.29 is 24.6 Å². The first kappa shape index (κ1) is 27.9. The maximum absolute atomic E-state index is 13.9. The van der Waals surface area contributed by atoms with Crippen molar-refractivity contribution in [3.8, 4) is 0 Å². The third-order valence-electron chi connectivity index (χ3n) is 8.07. The molecule has 1 saturated carbocycles. The molecule has 1 unspecified atom stereocenters. The van der Waals surface area contributed by atoms with Crippen molar-refractivity contribution in [2.75, 3.05) is 18.0 Å². The maximum Gasteiger partial charge on any atom is 0.334 e. The summed E-state index contributed by atoms with van der Waals surface area (Å²) < 4.78 is 0. The fourth-order valence-corrected chi connectivity index (χ4v) is 5.90. The van der Waals surface area contributed by atoms with Crippen molar-refractivity contribution in [2.45, 2.75) is 64.6 Å².